The standard InChI is InChI=1S/C8H7N4OS/c1-6(13)7-4-9-8(14-7)5-12-10-2-3-11-12/h2,4H,5H2,1H3. The van der Waals surface area contributed by atoms with E-state index < -0.39 is 0 Å². The number of nitrogens with zero attached hydrogens (tertiary/aromatic N) is 4. The summed E-state index contributed by atoms with van der Waals surface area (Å²) >= 11 is 1.36. The lowest BCUT2D eigenvalue weighted by molar-refractivity contribution is 0.102. The van der Waals surface area contributed by atoms with Crippen LogP contribution in [-0.2, 0) is 6.54 Å². The molecule has 5 nitrogen and oxygen atoms in total. The highest BCUT2D eigenvalue weighted by Crippen LogP contribution is 2.13. The third-order valence-corrected chi connectivity index (χ3v) is 2.68. The molecule has 2 rings (SSSR count). The molecule has 0 aliphatic heterocycles. The molecule has 6 heteroatoms. The van der Waals surface area contributed by atoms with E-state index in [4.69, 9.17) is 0 Å². The van der Waals surface area contributed by atoms with Gasteiger partial charge in [0, 0.05) is 13.1 Å². The first kappa shape index (κ1) is 9.01. The first-order valence-electron chi connectivity index (χ1n) is 3.97. The monoisotopic (exact) mass is 207 g/mol. The summed E-state index contributed by atoms with van der Waals surface area (Å²) in [6.07, 6.45) is 5.66. The van der Waals surface area contributed by atoms with Gasteiger partial charge in [0.25, 0.3) is 0 Å². The molecule has 0 aliphatic rings. The van der Waals surface area contributed by atoms with Crippen molar-refractivity contribution in [1.82, 2.24) is 20.0 Å². The number of rotatable bonds is 3. The van der Waals surface area contributed by atoms with Crippen molar-refractivity contribution in [2.45, 2.75) is 13.5 Å². The summed E-state index contributed by atoms with van der Waals surface area (Å²) in [4.78, 5) is 17.2. The summed E-state index contributed by atoms with van der Waals surface area (Å²) in [5.74, 6) is 0.0359. The van der Waals surface area contributed by atoms with Crippen LogP contribution in [0.2, 0.25) is 0 Å². The van der Waals surface area contributed by atoms with Crippen molar-refractivity contribution in [3.05, 3.63) is 28.5 Å². The molecular weight excluding hydrogens is 200 g/mol. The van der Waals surface area contributed by atoms with Gasteiger partial charge in [0.15, 0.2) is 5.78 Å². The Labute approximate surface area is 84.4 Å². The molecule has 0 saturated heterocycles. The second-order valence-electron chi connectivity index (χ2n) is 2.68. The van der Waals surface area contributed by atoms with Gasteiger partial charge in [-0.05, 0) is 0 Å². The van der Waals surface area contributed by atoms with E-state index in [2.05, 4.69) is 21.4 Å². The van der Waals surface area contributed by atoms with E-state index in [1.807, 2.05) is 0 Å². The fourth-order valence-corrected chi connectivity index (χ4v) is 1.74. The lowest BCUT2D eigenvalue weighted by Crippen LogP contribution is -2.02. The van der Waals surface area contributed by atoms with Gasteiger partial charge in [0.2, 0.25) is 0 Å². The lowest BCUT2D eigenvalue weighted by Gasteiger charge is -1.92. The van der Waals surface area contributed by atoms with Crippen LogP contribution in [-0.4, -0.2) is 25.8 Å². The van der Waals surface area contributed by atoms with Crippen LogP contribution in [0.3, 0.4) is 0 Å². The fraction of sp³-hybridized carbons (Fsp3) is 0.250. The maximum absolute atomic E-state index is 11.0. The van der Waals surface area contributed by atoms with Crippen molar-refractivity contribution in [2.75, 3.05) is 0 Å². The quantitative estimate of drug-likeness (QED) is 0.698. The van der Waals surface area contributed by atoms with Crippen molar-refractivity contribution >= 4 is 17.1 Å². The second kappa shape index (κ2) is 3.67. The van der Waals surface area contributed by atoms with Crippen molar-refractivity contribution in [1.29, 1.82) is 0 Å². The van der Waals surface area contributed by atoms with Crippen LogP contribution in [0.1, 0.15) is 21.6 Å². The molecule has 0 N–H and O–H groups in total. The average molecular weight is 207 g/mol. The van der Waals surface area contributed by atoms with Gasteiger partial charge in [-0.2, -0.15) is 15.0 Å². The number of hydrogen-bond acceptors (Lipinski definition) is 5. The number of carbonyl (C=O) groups is 1. The number of carbonyl (C=O) groups excluding carboxylic acids is 1. The normalized spacial score (nSPS) is 10.4. The molecule has 2 aromatic heterocycles. The van der Waals surface area contributed by atoms with Crippen LogP contribution in [0, 0.1) is 6.20 Å². The molecule has 0 aromatic carbocycles. The van der Waals surface area contributed by atoms with Crippen LogP contribution >= 0.6 is 11.3 Å². The van der Waals surface area contributed by atoms with Crippen molar-refractivity contribution < 1.29 is 4.79 Å². The Bertz CT molecular complexity index is 434. The molecule has 0 atom stereocenters. The predicted molar refractivity (Wildman–Crippen MR) is 50.1 cm³/mol. The summed E-state index contributed by atoms with van der Waals surface area (Å²) in [6.45, 7) is 2.01. The molecule has 71 valence electrons. The van der Waals surface area contributed by atoms with Crippen LogP contribution in [0.5, 0.6) is 0 Å². The Morgan fingerprint density at radius 3 is 3.14 bits per heavy atom. The topological polar surface area (TPSA) is 60.7 Å². The number of hydrogen-bond donors (Lipinski definition) is 0. The minimum Gasteiger partial charge on any atom is -0.294 e. The Morgan fingerprint density at radius 2 is 2.57 bits per heavy atom. The van der Waals surface area contributed by atoms with E-state index in [1.165, 1.54) is 29.3 Å². The third-order valence-electron chi connectivity index (χ3n) is 1.60. The smallest absolute Gasteiger partial charge is 0.171 e. The molecule has 0 fully saturated rings. The Hall–Kier alpha value is -1.56. The van der Waals surface area contributed by atoms with Gasteiger partial charge in [-0.25, -0.2) is 4.98 Å². The summed E-state index contributed by atoms with van der Waals surface area (Å²) in [5, 5.41) is 8.54. The molecular formula is C8H7N4OS. The number of ketones is 1. The van der Waals surface area contributed by atoms with E-state index in [9.17, 15) is 4.79 Å². The number of Topliss-reactive ketones (excluding diaryl/α,β-unsaturated/α-hetero) is 1. The molecule has 0 amide bonds. The van der Waals surface area contributed by atoms with E-state index in [-0.39, 0.29) is 5.78 Å². The van der Waals surface area contributed by atoms with Gasteiger partial charge >= 0.3 is 0 Å². The molecule has 0 unspecified atom stereocenters. The molecule has 2 aromatic rings. The molecule has 0 spiro atoms. The largest absolute Gasteiger partial charge is 0.294 e. The van der Waals surface area contributed by atoms with Crippen molar-refractivity contribution in [3.8, 4) is 0 Å². The van der Waals surface area contributed by atoms with Crippen LogP contribution < -0.4 is 0 Å². The molecule has 1 radical (unpaired) electrons. The maximum atomic E-state index is 11.0. The van der Waals surface area contributed by atoms with E-state index in [0.29, 0.717) is 11.4 Å². The summed E-state index contributed by atoms with van der Waals surface area (Å²) in [7, 11) is 0. The predicted octanol–water partition coefficient (Wildman–Crippen LogP) is 0.786. The number of thiazole rings is 1. The molecule has 14 heavy (non-hydrogen) atoms. The highest BCUT2D eigenvalue weighted by Gasteiger charge is 2.06. The van der Waals surface area contributed by atoms with Gasteiger partial charge in [0.05, 0.1) is 11.1 Å². The maximum Gasteiger partial charge on any atom is 0.171 e. The Morgan fingerprint density at radius 1 is 1.71 bits per heavy atom. The highest BCUT2D eigenvalue weighted by atomic mass is 32.1. The van der Waals surface area contributed by atoms with Crippen LogP contribution in [0.4, 0.5) is 0 Å². The van der Waals surface area contributed by atoms with Gasteiger partial charge in [-0.15, -0.1) is 11.3 Å². The second-order valence-corrected chi connectivity index (χ2v) is 3.79. The first-order valence-corrected chi connectivity index (χ1v) is 4.79. The zero-order valence-electron chi connectivity index (χ0n) is 7.47. The molecule has 0 saturated carbocycles. The Kier molecular flexibility index (Phi) is 2.36. The molecule has 0 aliphatic carbocycles. The Balaban J connectivity index is 2.14. The van der Waals surface area contributed by atoms with E-state index in [1.54, 1.807) is 6.20 Å². The lowest BCUT2D eigenvalue weighted by atomic mass is 10.4. The zero-order chi connectivity index (χ0) is 9.97. The van der Waals surface area contributed by atoms with Crippen molar-refractivity contribution in [2.24, 2.45) is 0 Å². The van der Waals surface area contributed by atoms with E-state index in [0.717, 1.165) is 5.01 Å². The van der Waals surface area contributed by atoms with Crippen LogP contribution in [0.15, 0.2) is 12.4 Å². The minimum atomic E-state index is 0.0359. The highest BCUT2D eigenvalue weighted by molar-refractivity contribution is 7.13. The summed E-state index contributed by atoms with van der Waals surface area (Å²) in [5.41, 5.74) is 0. The van der Waals surface area contributed by atoms with Gasteiger partial charge in [-0.3, -0.25) is 4.79 Å². The fourth-order valence-electron chi connectivity index (χ4n) is 0.954. The molecule has 0 bridgehead atoms. The van der Waals surface area contributed by atoms with E-state index >= 15 is 0 Å². The van der Waals surface area contributed by atoms with Gasteiger partial charge in [-0.1, -0.05) is 0 Å². The van der Waals surface area contributed by atoms with Crippen LogP contribution in [0.25, 0.3) is 0 Å². The summed E-state index contributed by atoms with van der Waals surface area (Å²) in [6, 6.07) is 0. The summed E-state index contributed by atoms with van der Waals surface area (Å²) < 4.78 is 0. The SMILES string of the molecule is CC(=O)c1cnc(Cn2n[c]cn2)s1. The van der Waals surface area contributed by atoms with Crippen molar-refractivity contribution in [3.63, 3.8) is 0 Å². The zero-order valence-corrected chi connectivity index (χ0v) is 8.28. The average Bonchev–Trinajstić information content (AvgIpc) is 2.75. The minimum absolute atomic E-state index is 0.0359. The third kappa shape index (κ3) is 1.85. The van der Waals surface area contributed by atoms with Gasteiger partial charge < -0.3 is 0 Å². The molecule has 2 heterocycles. The first-order chi connectivity index (χ1) is 6.75. The number of aromatic nitrogens is 4. The van der Waals surface area contributed by atoms with Gasteiger partial charge in [0.1, 0.15) is 17.7 Å².